The Labute approximate surface area is 149 Å². The molecule has 2 N–H and O–H groups in total. The maximum Gasteiger partial charge on any atom is 0.323 e. The monoisotopic (exact) mass is 349 g/mol. The standard InChI is InChI=1S/C17H13N3OS.C2H2O/c1-11-8-14(5-3-13(11)10-18)19-17(21)20-15-4-2-12-6-7-22-16(12)9-15;1-2-3/h2-9H,1H3,(H2,19,20,21);1H2. The molecule has 0 radical (unpaired) electrons. The minimum Gasteiger partial charge on any atom is -0.308 e. The minimum absolute atomic E-state index is 0.306. The summed E-state index contributed by atoms with van der Waals surface area (Å²) in [5, 5.41) is 17.7. The molecule has 2 amide bonds. The summed E-state index contributed by atoms with van der Waals surface area (Å²) < 4.78 is 1.13. The van der Waals surface area contributed by atoms with Crippen LogP contribution in [0.1, 0.15) is 11.1 Å². The molecule has 0 fully saturated rings. The van der Waals surface area contributed by atoms with Gasteiger partial charge in [0.1, 0.15) is 5.94 Å². The summed E-state index contributed by atoms with van der Waals surface area (Å²) in [5.41, 5.74) is 2.85. The van der Waals surface area contributed by atoms with E-state index in [4.69, 9.17) is 10.1 Å². The van der Waals surface area contributed by atoms with Crippen LogP contribution in [0.25, 0.3) is 10.1 Å². The van der Waals surface area contributed by atoms with E-state index in [-0.39, 0.29) is 6.03 Å². The van der Waals surface area contributed by atoms with Gasteiger partial charge in [0.25, 0.3) is 0 Å². The molecule has 3 aromatic rings. The lowest BCUT2D eigenvalue weighted by Gasteiger charge is -2.09. The third-order valence-corrected chi connectivity index (χ3v) is 4.20. The third kappa shape index (κ3) is 4.79. The molecule has 0 saturated heterocycles. The third-order valence-electron chi connectivity index (χ3n) is 3.32. The minimum atomic E-state index is -0.306. The molecule has 0 aliphatic carbocycles. The van der Waals surface area contributed by atoms with E-state index in [0.717, 1.165) is 16.0 Å². The lowest BCUT2D eigenvalue weighted by atomic mass is 10.1. The van der Waals surface area contributed by atoms with Crippen molar-refractivity contribution < 1.29 is 9.59 Å². The summed E-state index contributed by atoms with van der Waals surface area (Å²) >= 11 is 1.64. The van der Waals surface area contributed by atoms with Gasteiger partial charge in [-0.3, -0.25) is 0 Å². The van der Waals surface area contributed by atoms with E-state index in [0.29, 0.717) is 11.3 Å². The van der Waals surface area contributed by atoms with Gasteiger partial charge in [-0.2, -0.15) is 5.26 Å². The summed E-state index contributed by atoms with van der Waals surface area (Å²) in [6.45, 7) is 4.52. The maximum atomic E-state index is 12.0. The van der Waals surface area contributed by atoms with Crippen molar-refractivity contribution in [2.75, 3.05) is 10.6 Å². The molecule has 0 spiro atoms. The van der Waals surface area contributed by atoms with E-state index in [1.54, 1.807) is 29.5 Å². The Morgan fingerprint density at radius 1 is 1.12 bits per heavy atom. The molecule has 25 heavy (non-hydrogen) atoms. The number of rotatable bonds is 2. The van der Waals surface area contributed by atoms with Crippen LogP contribution in [0.5, 0.6) is 0 Å². The highest BCUT2D eigenvalue weighted by molar-refractivity contribution is 7.17. The number of anilines is 2. The van der Waals surface area contributed by atoms with Gasteiger partial charge in [-0.05, 0) is 66.2 Å². The Hall–Kier alpha value is -3.39. The van der Waals surface area contributed by atoms with Crippen LogP contribution in [0.2, 0.25) is 0 Å². The Morgan fingerprint density at radius 3 is 2.40 bits per heavy atom. The number of thiophene rings is 1. The first kappa shape index (κ1) is 18.0. The lowest BCUT2D eigenvalue weighted by Crippen LogP contribution is -2.19. The molecular weight excluding hydrogens is 334 g/mol. The smallest absolute Gasteiger partial charge is 0.308 e. The van der Waals surface area contributed by atoms with Crippen LogP contribution < -0.4 is 10.6 Å². The molecule has 1 aromatic heterocycles. The molecule has 5 nitrogen and oxygen atoms in total. The number of carbonyl (C=O) groups is 1. The largest absolute Gasteiger partial charge is 0.323 e. The van der Waals surface area contributed by atoms with Gasteiger partial charge in [-0.25, -0.2) is 9.59 Å². The van der Waals surface area contributed by atoms with Crippen LogP contribution in [0.15, 0.2) is 54.4 Å². The second-order valence-corrected chi connectivity index (χ2v) is 5.99. The van der Waals surface area contributed by atoms with E-state index in [1.807, 2.05) is 36.6 Å². The molecule has 0 bridgehead atoms. The van der Waals surface area contributed by atoms with Crippen LogP contribution in [-0.4, -0.2) is 12.0 Å². The van der Waals surface area contributed by atoms with Gasteiger partial charge >= 0.3 is 6.03 Å². The van der Waals surface area contributed by atoms with E-state index < -0.39 is 0 Å². The fourth-order valence-electron chi connectivity index (χ4n) is 2.19. The predicted octanol–water partition coefficient (Wildman–Crippen LogP) is 4.73. The number of fused-ring (bicyclic) bond motifs is 1. The number of nitrogens with zero attached hydrogens (tertiary/aromatic N) is 1. The second kappa shape index (κ2) is 8.46. The van der Waals surface area contributed by atoms with Crippen molar-refractivity contribution in [3.8, 4) is 6.07 Å². The van der Waals surface area contributed by atoms with Crippen molar-refractivity contribution in [2.24, 2.45) is 0 Å². The van der Waals surface area contributed by atoms with Crippen molar-refractivity contribution in [3.63, 3.8) is 0 Å². The van der Waals surface area contributed by atoms with Gasteiger partial charge in [0.15, 0.2) is 0 Å². The van der Waals surface area contributed by atoms with E-state index in [9.17, 15) is 4.79 Å². The molecule has 124 valence electrons. The van der Waals surface area contributed by atoms with Crippen molar-refractivity contribution in [1.82, 2.24) is 0 Å². The number of benzene rings is 2. The molecule has 0 aliphatic heterocycles. The Kier molecular flexibility index (Phi) is 6.08. The summed E-state index contributed by atoms with van der Waals surface area (Å²) in [7, 11) is 0. The summed E-state index contributed by atoms with van der Waals surface area (Å²) in [5.74, 6) is 1.25. The SMILES string of the molecule is C=C=O.Cc1cc(NC(=O)Nc2ccc3ccsc3c2)ccc1C#N. The van der Waals surface area contributed by atoms with Crippen molar-refractivity contribution in [2.45, 2.75) is 6.92 Å². The topological polar surface area (TPSA) is 82.0 Å². The van der Waals surface area contributed by atoms with Crippen LogP contribution in [-0.2, 0) is 4.79 Å². The number of hydrogen-bond donors (Lipinski definition) is 2. The van der Waals surface area contributed by atoms with Crippen molar-refractivity contribution in [3.05, 3.63) is 65.6 Å². The number of aryl methyl sites for hydroxylation is 1. The Balaban J connectivity index is 0.000000701. The van der Waals surface area contributed by atoms with Crippen LogP contribution in [0.4, 0.5) is 16.2 Å². The number of amides is 2. The number of urea groups is 1. The number of carbonyl (C=O) groups excluding carboxylic acids is 2. The van der Waals surface area contributed by atoms with Crippen molar-refractivity contribution >= 4 is 44.8 Å². The zero-order chi connectivity index (χ0) is 18.2. The lowest BCUT2D eigenvalue weighted by molar-refractivity contribution is 0.262. The quantitative estimate of drug-likeness (QED) is 0.656. The van der Waals surface area contributed by atoms with Gasteiger partial charge < -0.3 is 10.6 Å². The number of nitriles is 1. The summed E-state index contributed by atoms with van der Waals surface area (Å²) in [6, 6.07) is 14.8. The molecule has 1 heterocycles. The molecule has 6 heteroatoms. The Bertz CT molecular complexity index is 980. The molecular formula is C19H15N3O2S. The average Bonchev–Trinajstić information content (AvgIpc) is 3.03. The fraction of sp³-hybridized carbons (Fsp3) is 0.0526. The molecule has 2 aromatic carbocycles. The van der Waals surface area contributed by atoms with Crippen molar-refractivity contribution in [1.29, 1.82) is 5.26 Å². The zero-order valence-corrected chi connectivity index (χ0v) is 14.3. The van der Waals surface area contributed by atoms with Gasteiger partial charge in [0, 0.05) is 16.1 Å². The first-order chi connectivity index (χ1) is 12.1. The fourth-order valence-corrected chi connectivity index (χ4v) is 3.02. The predicted molar refractivity (Wildman–Crippen MR) is 102 cm³/mol. The zero-order valence-electron chi connectivity index (χ0n) is 13.5. The van der Waals surface area contributed by atoms with Crippen LogP contribution in [0.3, 0.4) is 0 Å². The number of hydrogen-bond acceptors (Lipinski definition) is 4. The molecule has 0 aliphatic rings. The van der Waals surface area contributed by atoms with Gasteiger partial charge in [-0.1, -0.05) is 6.07 Å². The number of nitrogens with one attached hydrogen (secondary N) is 2. The van der Waals surface area contributed by atoms with E-state index in [2.05, 4.69) is 23.3 Å². The molecule has 3 rings (SSSR count). The van der Waals surface area contributed by atoms with Gasteiger partial charge in [0.05, 0.1) is 11.6 Å². The highest BCUT2D eigenvalue weighted by Crippen LogP contribution is 2.24. The van der Waals surface area contributed by atoms with Gasteiger partial charge in [0.2, 0.25) is 0 Å². The molecule has 0 unspecified atom stereocenters. The second-order valence-electron chi connectivity index (χ2n) is 5.04. The average molecular weight is 349 g/mol. The normalized spacial score (nSPS) is 9.28. The highest BCUT2D eigenvalue weighted by atomic mass is 32.1. The highest BCUT2D eigenvalue weighted by Gasteiger charge is 2.05. The summed E-state index contributed by atoms with van der Waals surface area (Å²) in [6.07, 6.45) is 0. The van der Waals surface area contributed by atoms with E-state index >= 15 is 0 Å². The first-order valence-electron chi connectivity index (χ1n) is 7.27. The van der Waals surface area contributed by atoms with Crippen LogP contribution >= 0.6 is 11.3 Å². The first-order valence-corrected chi connectivity index (χ1v) is 8.15. The summed E-state index contributed by atoms with van der Waals surface area (Å²) in [4.78, 5) is 20.6. The van der Waals surface area contributed by atoms with E-state index in [1.165, 1.54) is 11.3 Å². The maximum absolute atomic E-state index is 12.0. The van der Waals surface area contributed by atoms with Crippen LogP contribution in [0, 0.1) is 18.3 Å². The van der Waals surface area contributed by atoms with Gasteiger partial charge in [-0.15, -0.1) is 11.3 Å². The Morgan fingerprint density at radius 2 is 1.76 bits per heavy atom. The molecule has 0 atom stereocenters. The molecule has 0 saturated carbocycles.